The normalized spacial score (nSPS) is 24.1. The molecule has 0 aromatic rings. The summed E-state index contributed by atoms with van der Waals surface area (Å²) in [5.74, 6) is 0. The van der Waals surface area contributed by atoms with E-state index in [1.54, 1.807) is 0 Å². The van der Waals surface area contributed by atoms with E-state index in [1.165, 1.54) is 0 Å². The summed E-state index contributed by atoms with van der Waals surface area (Å²) in [6.07, 6.45) is 1.97. The maximum atomic E-state index is 5.47. The minimum Gasteiger partial charge on any atom is -0.378 e. The van der Waals surface area contributed by atoms with Gasteiger partial charge in [0.2, 0.25) is 0 Å². The highest BCUT2D eigenvalue weighted by Crippen LogP contribution is 2.05. The van der Waals surface area contributed by atoms with Gasteiger partial charge < -0.3 is 10.1 Å². The van der Waals surface area contributed by atoms with E-state index in [1.807, 2.05) is 6.08 Å². The zero-order chi connectivity index (χ0) is 10.4. The Morgan fingerprint density at radius 3 is 3.07 bits per heavy atom. The topological polar surface area (TPSA) is 24.5 Å². The summed E-state index contributed by atoms with van der Waals surface area (Å²) in [6.45, 7) is 12.8. The molecule has 1 N–H and O–H groups in total. The molecule has 1 aliphatic rings. The molecule has 0 spiro atoms. The first-order valence-corrected chi connectivity index (χ1v) is 5.40. The third-order valence-corrected chi connectivity index (χ3v) is 2.47. The highest BCUT2D eigenvalue weighted by atomic mass is 16.5. The monoisotopic (exact) mass is 198 g/mol. The number of ether oxygens (including phenoxy) is 1. The minimum atomic E-state index is 0.504. The maximum absolute atomic E-state index is 5.47. The Morgan fingerprint density at radius 1 is 1.64 bits per heavy atom. The fourth-order valence-corrected chi connectivity index (χ4v) is 1.66. The Labute approximate surface area is 87.1 Å². The van der Waals surface area contributed by atoms with Crippen molar-refractivity contribution in [1.29, 1.82) is 0 Å². The Balaban J connectivity index is 2.33. The number of nitrogens with zero attached hydrogens (tertiary/aromatic N) is 1. The lowest BCUT2D eigenvalue weighted by Crippen LogP contribution is -2.51. The minimum absolute atomic E-state index is 0.504. The van der Waals surface area contributed by atoms with E-state index < -0.39 is 0 Å². The first kappa shape index (κ1) is 11.7. The molecule has 82 valence electrons. The SMILES string of the molecule is C=CCN1CCOCC1CNC(C)C. The van der Waals surface area contributed by atoms with Gasteiger partial charge in [0, 0.05) is 31.7 Å². The molecule has 0 aromatic carbocycles. The molecule has 1 heterocycles. The standard InChI is InChI=1S/C11H22N2O/c1-4-5-13-6-7-14-9-11(13)8-12-10(2)3/h4,10-12H,1,5-9H2,2-3H3. The quantitative estimate of drug-likeness (QED) is 0.663. The molecular formula is C11H22N2O. The van der Waals surface area contributed by atoms with Crippen LogP contribution in [-0.2, 0) is 4.74 Å². The van der Waals surface area contributed by atoms with Gasteiger partial charge in [0.15, 0.2) is 0 Å². The summed E-state index contributed by atoms with van der Waals surface area (Å²) in [5.41, 5.74) is 0. The van der Waals surface area contributed by atoms with Crippen molar-refractivity contribution in [3.8, 4) is 0 Å². The Kier molecular flexibility index (Phi) is 5.15. The van der Waals surface area contributed by atoms with Gasteiger partial charge >= 0.3 is 0 Å². The predicted octanol–water partition coefficient (Wildman–Crippen LogP) is 0.871. The second kappa shape index (κ2) is 6.17. The predicted molar refractivity (Wildman–Crippen MR) is 59.5 cm³/mol. The van der Waals surface area contributed by atoms with Gasteiger partial charge in [0.25, 0.3) is 0 Å². The summed E-state index contributed by atoms with van der Waals surface area (Å²) in [6, 6.07) is 1.05. The van der Waals surface area contributed by atoms with Gasteiger partial charge in [-0.2, -0.15) is 0 Å². The van der Waals surface area contributed by atoms with Crippen LogP contribution in [0.3, 0.4) is 0 Å². The molecule has 0 saturated carbocycles. The van der Waals surface area contributed by atoms with Gasteiger partial charge in [-0.3, -0.25) is 4.90 Å². The van der Waals surface area contributed by atoms with Gasteiger partial charge in [-0.15, -0.1) is 6.58 Å². The molecule has 1 atom stereocenters. The van der Waals surface area contributed by atoms with Crippen LogP contribution in [-0.4, -0.2) is 49.8 Å². The average Bonchev–Trinajstić information content (AvgIpc) is 2.17. The van der Waals surface area contributed by atoms with Crippen molar-refractivity contribution in [2.75, 3.05) is 32.8 Å². The molecule has 0 aliphatic carbocycles. The van der Waals surface area contributed by atoms with Gasteiger partial charge in [0.1, 0.15) is 0 Å². The van der Waals surface area contributed by atoms with E-state index in [4.69, 9.17) is 4.74 Å². The van der Waals surface area contributed by atoms with Gasteiger partial charge in [-0.25, -0.2) is 0 Å². The van der Waals surface area contributed by atoms with Crippen molar-refractivity contribution in [2.45, 2.75) is 25.9 Å². The highest BCUT2D eigenvalue weighted by molar-refractivity contribution is 4.83. The fraction of sp³-hybridized carbons (Fsp3) is 0.818. The second-order valence-corrected chi connectivity index (χ2v) is 4.08. The van der Waals surface area contributed by atoms with Gasteiger partial charge in [-0.1, -0.05) is 19.9 Å². The lowest BCUT2D eigenvalue weighted by Gasteiger charge is -2.35. The summed E-state index contributed by atoms with van der Waals surface area (Å²) >= 11 is 0. The maximum Gasteiger partial charge on any atom is 0.0635 e. The first-order valence-electron chi connectivity index (χ1n) is 5.40. The molecular weight excluding hydrogens is 176 g/mol. The van der Waals surface area contributed by atoms with Crippen molar-refractivity contribution in [3.05, 3.63) is 12.7 Å². The lowest BCUT2D eigenvalue weighted by atomic mass is 10.2. The number of morpholine rings is 1. The van der Waals surface area contributed by atoms with Gasteiger partial charge in [0.05, 0.1) is 13.2 Å². The van der Waals surface area contributed by atoms with Crippen molar-refractivity contribution in [2.24, 2.45) is 0 Å². The van der Waals surface area contributed by atoms with Crippen molar-refractivity contribution < 1.29 is 4.74 Å². The molecule has 1 rings (SSSR count). The third kappa shape index (κ3) is 3.78. The third-order valence-electron chi connectivity index (χ3n) is 2.47. The van der Waals surface area contributed by atoms with E-state index in [0.717, 1.165) is 32.8 Å². The Morgan fingerprint density at radius 2 is 2.43 bits per heavy atom. The van der Waals surface area contributed by atoms with E-state index in [2.05, 4.69) is 30.6 Å². The molecule has 0 aromatic heterocycles. The smallest absolute Gasteiger partial charge is 0.0635 e. The van der Waals surface area contributed by atoms with Crippen LogP contribution in [0.25, 0.3) is 0 Å². The van der Waals surface area contributed by atoms with Crippen LogP contribution >= 0.6 is 0 Å². The molecule has 14 heavy (non-hydrogen) atoms. The van der Waals surface area contributed by atoms with Gasteiger partial charge in [-0.05, 0) is 0 Å². The summed E-state index contributed by atoms with van der Waals surface area (Å²) in [7, 11) is 0. The first-order chi connectivity index (χ1) is 6.74. The van der Waals surface area contributed by atoms with Crippen molar-refractivity contribution in [3.63, 3.8) is 0 Å². The molecule has 0 radical (unpaired) electrons. The van der Waals surface area contributed by atoms with Crippen LogP contribution in [0.1, 0.15) is 13.8 Å². The largest absolute Gasteiger partial charge is 0.378 e. The van der Waals surface area contributed by atoms with E-state index >= 15 is 0 Å². The molecule has 3 heteroatoms. The van der Waals surface area contributed by atoms with Crippen LogP contribution < -0.4 is 5.32 Å². The van der Waals surface area contributed by atoms with E-state index in [0.29, 0.717) is 12.1 Å². The summed E-state index contributed by atoms with van der Waals surface area (Å²) < 4.78 is 5.47. The Bertz CT molecular complexity index is 171. The van der Waals surface area contributed by atoms with E-state index in [-0.39, 0.29) is 0 Å². The molecule has 1 aliphatic heterocycles. The van der Waals surface area contributed by atoms with Crippen LogP contribution in [0.15, 0.2) is 12.7 Å². The average molecular weight is 198 g/mol. The fourth-order valence-electron chi connectivity index (χ4n) is 1.66. The molecule has 0 bridgehead atoms. The van der Waals surface area contributed by atoms with Crippen LogP contribution in [0.4, 0.5) is 0 Å². The van der Waals surface area contributed by atoms with Crippen LogP contribution in [0.2, 0.25) is 0 Å². The molecule has 1 fully saturated rings. The van der Waals surface area contributed by atoms with Crippen LogP contribution in [0, 0.1) is 0 Å². The van der Waals surface area contributed by atoms with Crippen molar-refractivity contribution in [1.82, 2.24) is 10.2 Å². The number of hydrogen-bond acceptors (Lipinski definition) is 3. The van der Waals surface area contributed by atoms with E-state index in [9.17, 15) is 0 Å². The molecule has 1 saturated heterocycles. The number of rotatable bonds is 5. The lowest BCUT2D eigenvalue weighted by molar-refractivity contribution is -0.00155. The second-order valence-electron chi connectivity index (χ2n) is 4.08. The molecule has 0 amide bonds. The molecule has 3 nitrogen and oxygen atoms in total. The Hall–Kier alpha value is -0.380. The van der Waals surface area contributed by atoms with Crippen molar-refractivity contribution >= 4 is 0 Å². The summed E-state index contributed by atoms with van der Waals surface area (Å²) in [5, 5.41) is 3.45. The zero-order valence-electron chi connectivity index (χ0n) is 9.33. The highest BCUT2D eigenvalue weighted by Gasteiger charge is 2.21. The molecule has 1 unspecified atom stereocenters. The summed E-state index contributed by atoms with van der Waals surface area (Å²) in [4.78, 5) is 2.42. The number of nitrogens with one attached hydrogen (secondary N) is 1. The number of hydrogen-bond donors (Lipinski definition) is 1. The van der Waals surface area contributed by atoms with Crippen LogP contribution in [0.5, 0.6) is 0 Å². The zero-order valence-corrected chi connectivity index (χ0v) is 9.33.